The summed E-state index contributed by atoms with van der Waals surface area (Å²) in [6.07, 6.45) is -4.90. The molecule has 1 aliphatic heterocycles. The number of benzene rings is 2. The molecule has 2 aromatic rings. The predicted octanol–water partition coefficient (Wildman–Crippen LogP) is 4.01. The summed E-state index contributed by atoms with van der Waals surface area (Å²) in [4.78, 5) is 26.3. The minimum atomic E-state index is -4.65. The third-order valence-corrected chi connectivity index (χ3v) is 6.07. The molecule has 11 heteroatoms. The molecule has 3 N–H and O–H groups in total. The maximum atomic E-state index is 14.0. The second-order valence-corrected chi connectivity index (χ2v) is 9.45. The Balaban J connectivity index is 1.72. The van der Waals surface area contributed by atoms with E-state index in [-0.39, 0.29) is 24.4 Å². The number of carbonyl (C=O) groups excluding carboxylic acids is 2. The van der Waals surface area contributed by atoms with Gasteiger partial charge in [0.25, 0.3) is 0 Å². The van der Waals surface area contributed by atoms with Crippen LogP contribution in [0.4, 0.5) is 18.0 Å². The van der Waals surface area contributed by atoms with Gasteiger partial charge in [-0.3, -0.25) is 10.1 Å². The second-order valence-electron chi connectivity index (χ2n) is 9.45. The van der Waals surface area contributed by atoms with Crippen LogP contribution in [0.15, 0.2) is 48.5 Å². The molecule has 0 aliphatic carbocycles. The van der Waals surface area contributed by atoms with Crippen molar-refractivity contribution in [2.75, 3.05) is 32.7 Å². The zero-order valence-electron chi connectivity index (χ0n) is 21.3. The number of nitrogens with zero attached hydrogens (tertiary/aromatic N) is 2. The molecule has 1 saturated heterocycles. The number of nitrogens with one attached hydrogen (secondary N) is 3. The van der Waals surface area contributed by atoms with E-state index in [9.17, 15) is 22.8 Å². The number of amides is 2. The summed E-state index contributed by atoms with van der Waals surface area (Å²) in [7, 11) is 0. The van der Waals surface area contributed by atoms with Crippen molar-refractivity contribution in [3.63, 3.8) is 0 Å². The molecule has 1 aliphatic rings. The molecular weight excluding hydrogens is 499 g/mol. The van der Waals surface area contributed by atoms with Crippen LogP contribution in [-0.4, -0.2) is 61.8 Å². The molecule has 1 unspecified atom stereocenters. The monoisotopic (exact) mass is 531 g/mol. The van der Waals surface area contributed by atoms with Crippen molar-refractivity contribution in [2.24, 2.45) is 5.92 Å². The van der Waals surface area contributed by atoms with Gasteiger partial charge in [-0.1, -0.05) is 50.2 Å². The second kappa shape index (κ2) is 13.3. The van der Waals surface area contributed by atoms with Crippen molar-refractivity contribution in [2.45, 2.75) is 38.5 Å². The third kappa shape index (κ3) is 8.19. The Morgan fingerprint density at radius 3 is 2.16 bits per heavy atom. The van der Waals surface area contributed by atoms with Crippen LogP contribution in [0.5, 0.6) is 5.75 Å². The van der Waals surface area contributed by atoms with Crippen molar-refractivity contribution in [1.29, 1.82) is 5.26 Å². The lowest BCUT2D eigenvalue weighted by Gasteiger charge is -2.28. The van der Waals surface area contributed by atoms with Crippen molar-refractivity contribution >= 4 is 12.0 Å². The molecule has 2 aromatic carbocycles. The Morgan fingerprint density at radius 2 is 1.63 bits per heavy atom. The van der Waals surface area contributed by atoms with Crippen LogP contribution in [0.25, 0.3) is 11.1 Å². The minimum absolute atomic E-state index is 0.0374. The summed E-state index contributed by atoms with van der Waals surface area (Å²) < 4.78 is 47.5. The van der Waals surface area contributed by atoms with Crippen molar-refractivity contribution in [1.82, 2.24) is 20.9 Å². The standard InChI is InChI=1S/C27H32F3N5O3/c1-18(2)17-23(25(36)33-12-11-31)34-24(27(28,29)30)21-5-3-19(4-6-21)20-7-9-22(10-8-20)38-26(37)35-15-13-32-14-16-35/h3-10,18,23-24,32,34H,12-17H2,1-2H3,(H,33,36)/t23-,24?/m0/s1. The highest BCUT2D eigenvalue weighted by Gasteiger charge is 2.42. The van der Waals surface area contributed by atoms with Crippen LogP contribution in [0.1, 0.15) is 31.9 Å². The molecule has 204 valence electrons. The van der Waals surface area contributed by atoms with Gasteiger partial charge in [0.1, 0.15) is 18.3 Å². The van der Waals surface area contributed by atoms with E-state index >= 15 is 0 Å². The molecule has 2 amide bonds. The van der Waals surface area contributed by atoms with Crippen molar-refractivity contribution in [3.05, 3.63) is 54.1 Å². The van der Waals surface area contributed by atoms with E-state index in [1.807, 2.05) is 0 Å². The van der Waals surface area contributed by atoms with Gasteiger partial charge in [-0.2, -0.15) is 18.4 Å². The van der Waals surface area contributed by atoms with E-state index in [0.717, 1.165) is 5.56 Å². The Morgan fingerprint density at radius 1 is 1.05 bits per heavy atom. The minimum Gasteiger partial charge on any atom is -0.410 e. The highest BCUT2D eigenvalue weighted by molar-refractivity contribution is 5.82. The largest absolute Gasteiger partial charge is 0.415 e. The lowest BCUT2D eigenvalue weighted by Crippen LogP contribution is -2.49. The van der Waals surface area contributed by atoms with E-state index in [0.29, 0.717) is 37.5 Å². The van der Waals surface area contributed by atoms with Gasteiger partial charge in [-0.05, 0) is 41.2 Å². The smallest absolute Gasteiger partial charge is 0.410 e. The van der Waals surface area contributed by atoms with Crippen LogP contribution in [0.2, 0.25) is 0 Å². The van der Waals surface area contributed by atoms with Crippen LogP contribution >= 0.6 is 0 Å². The molecule has 38 heavy (non-hydrogen) atoms. The fraction of sp³-hybridized carbons (Fsp3) is 0.444. The first kappa shape index (κ1) is 28.9. The number of alkyl halides is 3. The Kier molecular flexibility index (Phi) is 10.1. The van der Waals surface area contributed by atoms with Gasteiger partial charge < -0.3 is 20.3 Å². The van der Waals surface area contributed by atoms with Gasteiger partial charge in [0.05, 0.1) is 12.1 Å². The van der Waals surface area contributed by atoms with Gasteiger partial charge in [0.15, 0.2) is 0 Å². The fourth-order valence-electron chi connectivity index (χ4n) is 4.15. The van der Waals surface area contributed by atoms with E-state index in [2.05, 4.69) is 16.0 Å². The Bertz CT molecular complexity index is 1110. The molecule has 0 bridgehead atoms. The van der Waals surface area contributed by atoms with Crippen LogP contribution in [0, 0.1) is 17.2 Å². The highest BCUT2D eigenvalue weighted by atomic mass is 19.4. The van der Waals surface area contributed by atoms with Gasteiger partial charge in [-0.25, -0.2) is 4.79 Å². The molecule has 0 spiro atoms. The average Bonchev–Trinajstić information content (AvgIpc) is 2.90. The summed E-state index contributed by atoms with van der Waals surface area (Å²) >= 11 is 0. The van der Waals surface area contributed by atoms with Gasteiger partial charge in [0.2, 0.25) is 5.91 Å². The van der Waals surface area contributed by atoms with E-state index in [4.69, 9.17) is 10.00 Å². The zero-order valence-corrected chi connectivity index (χ0v) is 21.3. The van der Waals surface area contributed by atoms with Crippen LogP contribution in [-0.2, 0) is 4.79 Å². The van der Waals surface area contributed by atoms with Crippen molar-refractivity contribution < 1.29 is 27.5 Å². The van der Waals surface area contributed by atoms with Gasteiger partial charge in [-0.15, -0.1) is 0 Å². The Hall–Kier alpha value is -3.62. The van der Waals surface area contributed by atoms with Gasteiger partial charge in [0, 0.05) is 26.2 Å². The number of carbonyl (C=O) groups is 2. The lowest BCUT2D eigenvalue weighted by atomic mass is 9.97. The number of hydrogen-bond acceptors (Lipinski definition) is 6. The predicted molar refractivity (Wildman–Crippen MR) is 136 cm³/mol. The summed E-state index contributed by atoms with van der Waals surface area (Å²) in [5.41, 5.74) is 1.38. The van der Waals surface area contributed by atoms with E-state index in [1.165, 1.54) is 12.1 Å². The molecule has 0 aromatic heterocycles. The molecule has 8 nitrogen and oxygen atoms in total. The molecule has 2 atom stereocenters. The number of rotatable bonds is 9. The molecule has 3 rings (SSSR count). The topological polar surface area (TPSA) is 106 Å². The van der Waals surface area contributed by atoms with Gasteiger partial charge >= 0.3 is 12.3 Å². The summed E-state index contributed by atoms with van der Waals surface area (Å²) in [5, 5.41) is 16.7. The molecular formula is C27H32F3N5O3. The molecule has 1 fully saturated rings. The first-order valence-electron chi connectivity index (χ1n) is 12.4. The number of nitriles is 1. The quantitative estimate of drug-likeness (QED) is 0.423. The summed E-state index contributed by atoms with van der Waals surface area (Å²) in [5.74, 6) is -0.319. The third-order valence-electron chi connectivity index (χ3n) is 6.07. The maximum Gasteiger partial charge on any atom is 0.415 e. The number of hydrogen-bond donors (Lipinski definition) is 3. The fourth-order valence-corrected chi connectivity index (χ4v) is 4.15. The number of halogens is 3. The number of ether oxygens (including phenoxy) is 1. The SMILES string of the molecule is CC(C)C[C@H](NC(c1ccc(-c2ccc(OC(=O)N3CCNCC3)cc2)cc1)C(F)(F)F)C(=O)NCC#N. The molecule has 1 heterocycles. The Labute approximate surface area is 220 Å². The first-order valence-corrected chi connectivity index (χ1v) is 12.4. The lowest BCUT2D eigenvalue weighted by molar-refractivity contribution is -0.161. The number of piperazine rings is 1. The van der Waals surface area contributed by atoms with Crippen molar-refractivity contribution in [3.8, 4) is 22.9 Å². The first-order chi connectivity index (χ1) is 18.1. The average molecular weight is 532 g/mol. The van der Waals surface area contributed by atoms with Crippen LogP contribution in [0.3, 0.4) is 0 Å². The summed E-state index contributed by atoms with van der Waals surface area (Å²) in [6, 6.07) is 11.2. The highest BCUT2D eigenvalue weighted by Crippen LogP contribution is 2.35. The maximum absolute atomic E-state index is 14.0. The summed E-state index contributed by atoms with van der Waals surface area (Å²) in [6.45, 7) is 5.89. The van der Waals surface area contributed by atoms with E-state index in [1.54, 1.807) is 61.2 Å². The van der Waals surface area contributed by atoms with Crippen LogP contribution < -0.4 is 20.7 Å². The molecule has 0 radical (unpaired) electrons. The van der Waals surface area contributed by atoms with E-state index < -0.39 is 30.3 Å². The molecule has 0 saturated carbocycles. The zero-order chi connectivity index (χ0) is 27.7. The normalized spacial score (nSPS) is 15.4.